The quantitative estimate of drug-likeness (QED) is 0.769. The van der Waals surface area contributed by atoms with Crippen LogP contribution in [0.4, 0.5) is 4.79 Å². The maximum atomic E-state index is 11.9. The van der Waals surface area contributed by atoms with Gasteiger partial charge in [0.25, 0.3) is 0 Å². The van der Waals surface area contributed by atoms with Crippen LogP contribution in [0, 0.1) is 0 Å². The molecule has 1 saturated carbocycles. The third kappa shape index (κ3) is 3.44. The van der Waals surface area contributed by atoms with Crippen molar-refractivity contribution in [3.05, 3.63) is 16.6 Å². The summed E-state index contributed by atoms with van der Waals surface area (Å²) < 4.78 is 0. The number of hydrogen-bond acceptors (Lipinski definition) is 4. The molecule has 0 aliphatic heterocycles. The molecular weight excluding hydrogens is 266 g/mol. The molecule has 2 amide bonds. The van der Waals surface area contributed by atoms with Crippen molar-refractivity contribution in [1.82, 2.24) is 15.6 Å². The van der Waals surface area contributed by atoms with Crippen molar-refractivity contribution in [1.29, 1.82) is 0 Å². The van der Waals surface area contributed by atoms with Gasteiger partial charge >= 0.3 is 12.0 Å². The van der Waals surface area contributed by atoms with Gasteiger partial charge < -0.3 is 15.7 Å². The highest BCUT2D eigenvalue weighted by Crippen LogP contribution is 2.34. The summed E-state index contributed by atoms with van der Waals surface area (Å²) >= 11 is 1.47. The Hall–Kier alpha value is -1.63. The van der Waals surface area contributed by atoms with E-state index in [0.29, 0.717) is 0 Å². The van der Waals surface area contributed by atoms with Gasteiger partial charge in [0.05, 0.1) is 18.0 Å². The Morgan fingerprint density at radius 1 is 1.58 bits per heavy atom. The standard InChI is InChI=1S/C12H17N3O3S/c1-8(10-13-5-6-19-10)14-11(18)15-12(3-2-4-12)7-9(16)17/h5-6,8H,2-4,7H2,1H3,(H,16,17)(H2,14,15,18). The zero-order valence-corrected chi connectivity index (χ0v) is 11.5. The number of carbonyl (C=O) groups is 2. The summed E-state index contributed by atoms with van der Waals surface area (Å²) in [6.07, 6.45) is 4.06. The fourth-order valence-corrected chi connectivity index (χ4v) is 2.87. The van der Waals surface area contributed by atoms with Gasteiger partial charge in [-0.15, -0.1) is 11.3 Å². The van der Waals surface area contributed by atoms with Gasteiger partial charge in [-0.1, -0.05) is 0 Å². The van der Waals surface area contributed by atoms with Gasteiger partial charge in [-0.25, -0.2) is 9.78 Å². The lowest BCUT2D eigenvalue weighted by atomic mass is 9.74. The second kappa shape index (κ2) is 5.56. The molecule has 0 saturated heterocycles. The molecule has 1 aliphatic rings. The number of nitrogens with one attached hydrogen (secondary N) is 2. The normalized spacial score (nSPS) is 18.2. The number of hydrogen-bond donors (Lipinski definition) is 3. The first-order chi connectivity index (χ1) is 9.01. The number of rotatable bonds is 5. The average molecular weight is 283 g/mol. The Labute approximate surface area is 115 Å². The summed E-state index contributed by atoms with van der Waals surface area (Å²) in [6.45, 7) is 1.85. The first-order valence-corrected chi connectivity index (χ1v) is 7.09. The highest BCUT2D eigenvalue weighted by Gasteiger charge is 2.40. The Morgan fingerprint density at radius 3 is 2.79 bits per heavy atom. The van der Waals surface area contributed by atoms with Crippen LogP contribution in [0.3, 0.4) is 0 Å². The van der Waals surface area contributed by atoms with Gasteiger partial charge in [0, 0.05) is 11.6 Å². The average Bonchev–Trinajstić information content (AvgIpc) is 2.78. The third-order valence-electron chi connectivity index (χ3n) is 3.35. The van der Waals surface area contributed by atoms with Crippen LogP contribution in [0.1, 0.15) is 43.7 Å². The van der Waals surface area contributed by atoms with E-state index in [1.54, 1.807) is 6.20 Å². The number of thiazole rings is 1. The van der Waals surface area contributed by atoms with Crippen molar-refractivity contribution in [2.45, 2.75) is 44.2 Å². The molecule has 0 radical (unpaired) electrons. The zero-order valence-electron chi connectivity index (χ0n) is 10.7. The van der Waals surface area contributed by atoms with Gasteiger partial charge in [0.15, 0.2) is 0 Å². The van der Waals surface area contributed by atoms with Gasteiger partial charge in [-0.05, 0) is 26.2 Å². The molecule has 104 valence electrons. The van der Waals surface area contributed by atoms with Crippen LogP contribution in [-0.4, -0.2) is 27.6 Å². The number of aliphatic carboxylic acids is 1. The molecule has 1 fully saturated rings. The summed E-state index contributed by atoms with van der Waals surface area (Å²) in [5, 5.41) is 17.1. The molecule has 3 N–H and O–H groups in total. The minimum Gasteiger partial charge on any atom is -0.481 e. The van der Waals surface area contributed by atoms with E-state index in [-0.39, 0.29) is 18.5 Å². The van der Waals surface area contributed by atoms with Crippen molar-refractivity contribution >= 4 is 23.3 Å². The van der Waals surface area contributed by atoms with Crippen LogP contribution >= 0.6 is 11.3 Å². The number of urea groups is 1. The highest BCUT2D eigenvalue weighted by molar-refractivity contribution is 7.09. The Kier molecular flexibility index (Phi) is 4.04. The topological polar surface area (TPSA) is 91.3 Å². The lowest BCUT2D eigenvalue weighted by molar-refractivity contribution is -0.139. The molecule has 1 aliphatic carbocycles. The molecule has 1 atom stereocenters. The van der Waals surface area contributed by atoms with Crippen LogP contribution in [0.5, 0.6) is 0 Å². The van der Waals surface area contributed by atoms with E-state index in [2.05, 4.69) is 15.6 Å². The predicted molar refractivity (Wildman–Crippen MR) is 71.0 cm³/mol. The molecule has 0 aromatic carbocycles. The molecule has 1 unspecified atom stereocenters. The highest BCUT2D eigenvalue weighted by atomic mass is 32.1. The molecule has 1 aromatic rings. The molecule has 0 spiro atoms. The van der Waals surface area contributed by atoms with E-state index in [4.69, 9.17) is 5.11 Å². The van der Waals surface area contributed by atoms with Gasteiger partial charge in [-0.3, -0.25) is 4.79 Å². The number of aromatic nitrogens is 1. The van der Waals surface area contributed by atoms with Crippen molar-refractivity contribution < 1.29 is 14.7 Å². The van der Waals surface area contributed by atoms with Crippen LogP contribution in [0.15, 0.2) is 11.6 Å². The molecule has 1 heterocycles. The van der Waals surface area contributed by atoms with E-state index in [0.717, 1.165) is 24.3 Å². The van der Waals surface area contributed by atoms with E-state index < -0.39 is 11.5 Å². The number of carbonyl (C=O) groups excluding carboxylic acids is 1. The summed E-state index contributed by atoms with van der Waals surface area (Å²) in [5.74, 6) is -0.882. The SMILES string of the molecule is CC(NC(=O)NC1(CC(=O)O)CCC1)c1nccs1. The van der Waals surface area contributed by atoms with Crippen molar-refractivity contribution in [3.8, 4) is 0 Å². The summed E-state index contributed by atoms with van der Waals surface area (Å²) in [7, 11) is 0. The second-order valence-electron chi connectivity index (χ2n) is 4.89. The molecule has 7 heteroatoms. The molecular formula is C12H17N3O3S. The van der Waals surface area contributed by atoms with Crippen LogP contribution in [0.25, 0.3) is 0 Å². The van der Waals surface area contributed by atoms with Crippen molar-refractivity contribution in [2.24, 2.45) is 0 Å². The Morgan fingerprint density at radius 2 is 2.32 bits per heavy atom. The number of carboxylic acid groups (broad SMARTS) is 1. The fraction of sp³-hybridized carbons (Fsp3) is 0.583. The Bertz CT molecular complexity index is 457. The maximum absolute atomic E-state index is 11.9. The number of nitrogens with zero attached hydrogens (tertiary/aromatic N) is 1. The van der Waals surface area contributed by atoms with Crippen LogP contribution in [-0.2, 0) is 4.79 Å². The van der Waals surface area contributed by atoms with E-state index in [9.17, 15) is 9.59 Å². The van der Waals surface area contributed by atoms with Gasteiger partial charge in [0.2, 0.25) is 0 Å². The molecule has 19 heavy (non-hydrogen) atoms. The van der Waals surface area contributed by atoms with E-state index in [1.165, 1.54) is 11.3 Å². The smallest absolute Gasteiger partial charge is 0.315 e. The number of carboxylic acids is 1. The summed E-state index contributed by atoms with van der Waals surface area (Å²) in [4.78, 5) is 26.8. The first kappa shape index (κ1) is 13.8. The lowest BCUT2D eigenvalue weighted by Gasteiger charge is -2.41. The van der Waals surface area contributed by atoms with E-state index in [1.807, 2.05) is 12.3 Å². The predicted octanol–water partition coefficient (Wildman–Crippen LogP) is 1.90. The second-order valence-corrected chi connectivity index (χ2v) is 5.82. The molecule has 0 bridgehead atoms. The lowest BCUT2D eigenvalue weighted by Crippen LogP contribution is -2.57. The van der Waals surface area contributed by atoms with Crippen LogP contribution in [0.2, 0.25) is 0 Å². The largest absolute Gasteiger partial charge is 0.481 e. The monoisotopic (exact) mass is 283 g/mol. The van der Waals surface area contributed by atoms with Gasteiger partial charge in [-0.2, -0.15) is 0 Å². The fourth-order valence-electron chi connectivity index (χ4n) is 2.22. The first-order valence-electron chi connectivity index (χ1n) is 6.21. The van der Waals surface area contributed by atoms with Gasteiger partial charge in [0.1, 0.15) is 5.01 Å². The summed E-state index contributed by atoms with van der Waals surface area (Å²) in [5.41, 5.74) is -0.571. The molecule has 2 rings (SSSR count). The minimum atomic E-state index is -0.882. The third-order valence-corrected chi connectivity index (χ3v) is 4.31. The molecule has 1 aromatic heterocycles. The van der Waals surface area contributed by atoms with Crippen molar-refractivity contribution in [3.63, 3.8) is 0 Å². The Balaban J connectivity index is 1.88. The zero-order chi connectivity index (χ0) is 13.9. The number of amides is 2. The summed E-state index contributed by atoms with van der Waals surface area (Å²) in [6, 6.07) is -0.509. The van der Waals surface area contributed by atoms with Crippen molar-refractivity contribution in [2.75, 3.05) is 0 Å². The van der Waals surface area contributed by atoms with E-state index >= 15 is 0 Å². The van der Waals surface area contributed by atoms with Crippen LogP contribution < -0.4 is 10.6 Å². The maximum Gasteiger partial charge on any atom is 0.315 e. The molecule has 6 nitrogen and oxygen atoms in total. The minimum absolute atomic E-state index is 0.0218.